The summed E-state index contributed by atoms with van der Waals surface area (Å²) in [4.78, 5) is 0. The predicted octanol–water partition coefficient (Wildman–Crippen LogP) is 0.934. The lowest BCUT2D eigenvalue weighted by molar-refractivity contribution is 0.421. The molecule has 0 aromatic heterocycles. The quantitative estimate of drug-likeness (QED) is 0.487. The van der Waals surface area contributed by atoms with E-state index in [1.807, 2.05) is 13.0 Å². The number of aliphatic hydroxyl groups is 1. The van der Waals surface area contributed by atoms with Gasteiger partial charge in [-0.25, -0.2) is 0 Å². The van der Waals surface area contributed by atoms with Crippen LogP contribution in [0.4, 0.5) is 0 Å². The summed E-state index contributed by atoms with van der Waals surface area (Å²) in [5, 5.41) is 11.7. The summed E-state index contributed by atoms with van der Waals surface area (Å²) in [5.74, 6) is 0.295. The topological polar surface area (TPSA) is 32.3 Å². The van der Waals surface area contributed by atoms with Gasteiger partial charge < -0.3 is 10.4 Å². The Bertz CT molecular complexity index is 137. The molecular weight excluding hydrogens is 102 g/mol. The van der Waals surface area contributed by atoms with Gasteiger partial charge >= 0.3 is 0 Å². The molecule has 2 heteroatoms. The van der Waals surface area contributed by atoms with Crippen LogP contribution in [0.25, 0.3) is 0 Å². The van der Waals surface area contributed by atoms with Crippen molar-refractivity contribution >= 4 is 0 Å². The molecule has 0 spiro atoms. The Labute approximate surface area is 48.5 Å². The lowest BCUT2D eigenvalue weighted by Crippen LogP contribution is -2.20. The maximum absolute atomic E-state index is 8.74. The molecular formula is C6H9NO. The largest absolute Gasteiger partial charge is 0.506 e. The molecule has 1 aliphatic rings. The van der Waals surface area contributed by atoms with Crippen LogP contribution >= 0.6 is 0 Å². The zero-order chi connectivity index (χ0) is 5.98. The summed E-state index contributed by atoms with van der Waals surface area (Å²) in [6.07, 6.45) is 5.17. The van der Waals surface area contributed by atoms with Gasteiger partial charge in [0.25, 0.3) is 0 Å². The first-order chi connectivity index (χ1) is 3.79. The number of aliphatic hydroxyl groups excluding tert-OH is 1. The first-order valence-corrected chi connectivity index (χ1v) is 2.62. The highest BCUT2D eigenvalue weighted by Gasteiger charge is 1.97. The zero-order valence-electron chi connectivity index (χ0n) is 4.76. The molecule has 1 rings (SSSR count). The highest BCUT2D eigenvalue weighted by atomic mass is 16.3. The minimum Gasteiger partial charge on any atom is -0.506 e. The first kappa shape index (κ1) is 5.22. The lowest BCUT2D eigenvalue weighted by Gasteiger charge is -2.09. The van der Waals surface area contributed by atoms with Crippen molar-refractivity contribution in [1.29, 1.82) is 0 Å². The number of dihydropyridines is 1. The van der Waals surface area contributed by atoms with Crippen LogP contribution < -0.4 is 5.32 Å². The van der Waals surface area contributed by atoms with Crippen molar-refractivity contribution in [2.75, 3.05) is 0 Å². The van der Waals surface area contributed by atoms with E-state index in [1.54, 1.807) is 12.3 Å². The molecule has 44 valence electrons. The molecule has 2 nitrogen and oxygen atoms in total. The molecule has 1 heterocycles. The molecule has 0 saturated carbocycles. The van der Waals surface area contributed by atoms with E-state index in [-0.39, 0.29) is 0 Å². The average Bonchev–Trinajstić information content (AvgIpc) is 1.77. The molecule has 1 aliphatic heterocycles. The highest BCUT2D eigenvalue weighted by Crippen LogP contribution is 1.97. The Morgan fingerprint density at radius 3 is 2.88 bits per heavy atom. The molecule has 1 atom stereocenters. The van der Waals surface area contributed by atoms with Gasteiger partial charge in [-0.3, -0.25) is 0 Å². The van der Waals surface area contributed by atoms with Gasteiger partial charge in [0.1, 0.15) is 5.76 Å². The molecule has 0 radical (unpaired) electrons. The second-order valence-corrected chi connectivity index (χ2v) is 1.88. The van der Waals surface area contributed by atoms with Crippen LogP contribution in [0.3, 0.4) is 0 Å². The summed E-state index contributed by atoms with van der Waals surface area (Å²) < 4.78 is 0. The molecule has 0 saturated heterocycles. The van der Waals surface area contributed by atoms with E-state index >= 15 is 0 Å². The van der Waals surface area contributed by atoms with E-state index in [4.69, 9.17) is 5.11 Å². The molecule has 0 bridgehead atoms. The molecule has 8 heavy (non-hydrogen) atoms. The van der Waals surface area contributed by atoms with Crippen LogP contribution in [-0.2, 0) is 0 Å². The Morgan fingerprint density at radius 2 is 2.50 bits per heavy atom. The van der Waals surface area contributed by atoms with Gasteiger partial charge in [0.05, 0.1) is 0 Å². The molecule has 0 fully saturated rings. The Kier molecular flexibility index (Phi) is 1.24. The van der Waals surface area contributed by atoms with Crippen LogP contribution in [0.1, 0.15) is 6.92 Å². The van der Waals surface area contributed by atoms with Crippen molar-refractivity contribution in [3.63, 3.8) is 0 Å². The Balaban J connectivity index is 2.58. The van der Waals surface area contributed by atoms with E-state index in [9.17, 15) is 0 Å². The van der Waals surface area contributed by atoms with Crippen molar-refractivity contribution in [1.82, 2.24) is 5.32 Å². The van der Waals surface area contributed by atoms with Gasteiger partial charge in [-0.15, -0.1) is 0 Å². The van der Waals surface area contributed by atoms with Gasteiger partial charge in [0.2, 0.25) is 0 Å². The van der Waals surface area contributed by atoms with E-state index in [0.717, 1.165) is 0 Å². The van der Waals surface area contributed by atoms with Crippen LogP contribution in [0.15, 0.2) is 24.1 Å². The standard InChI is InChI=1S/C6H9NO/c1-5-2-3-6(8)4-7-5/h2-5,7-8H,1H3. The normalized spacial score (nSPS) is 26.6. The van der Waals surface area contributed by atoms with Crippen molar-refractivity contribution in [2.45, 2.75) is 13.0 Å². The maximum Gasteiger partial charge on any atom is 0.130 e. The van der Waals surface area contributed by atoms with Crippen LogP contribution in [0, 0.1) is 0 Å². The molecule has 0 aromatic rings. The minimum atomic E-state index is 0.295. The summed E-state index contributed by atoms with van der Waals surface area (Å²) in [6, 6.07) is 0.353. The first-order valence-electron chi connectivity index (χ1n) is 2.62. The second kappa shape index (κ2) is 1.90. The Morgan fingerprint density at radius 1 is 1.75 bits per heavy atom. The third-order valence-electron chi connectivity index (χ3n) is 1.05. The fraction of sp³-hybridized carbons (Fsp3) is 0.333. The van der Waals surface area contributed by atoms with Crippen molar-refractivity contribution in [3.05, 3.63) is 24.1 Å². The highest BCUT2D eigenvalue weighted by molar-refractivity contribution is 5.16. The van der Waals surface area contributed by atoms with E-state index in [1.165, 1.54) is 0 Å². The van der Waals surface area contributed by atoms with Crippen LogP contribution in [0.5, 0.6) is 0 Å². The van der Waals surface area contributed by atoms with Gasteiger partial charge in [0, 0.05) is 12.2 Å². The Hall–Kier alpha value is -0.920. The predicted molar refractivity (Wildman–Crippen MR) is 32.4 cm³/mol. The summed E-state index contributed by atoms with van der Waals surface area (Å²) in [5.41, 5.74) is 0. The molecule has 1 unspecified atom stereocenters. The van der Waals surface area contributed by atoms with Crippen molar-refractivity contribution in [3.8, 4) is 0 Å². The third-order valence-corrected chi connectivity index (χ3v) is 1.05. The van der Waals surface area contributed by atoms with Crippen LogP contribution in [0.2, 0.25) is 0 Å². The van der Waals surface area contributed by atoms with Crippen molar-refractivity contribution in [2.24, 2.45) is 0 Å². The summed E-state index contributed by atoms with van der Waals surface area (Å²) in [7, 11) is 0. The summed E-state index contributed by atoms with van der Waals surface area (Å²) in [6.45, 7) is 2.01. The number of hydrogen-bond acceptors (Lipinski definition) is 2. The zero-order valence-corrected chi connectivity index (χ0v) is 4.76. The second-order valence-electron chi connectivity index (χ2n) is 1.88. The monoisotopic (exact) mass is 111 g/mol. The van der Waals surface area contributed by atoms with Gasteiger partial charge in [0.15, 0.2) is 0 Å². The smallest absolute Gasteiger partial charge is 0.130 e. The van der Waals surface area contributed by atoms with E-state index in [2.05, 4.69) is 5.32 Å². The summed E-state index contributed by atoms with van der Waals surface area (Å²) >= 11 is 0. The van der Waals surface area contributed by atoms with Gasteiger partial charge in [-0.1, -0.05) is 6.08 Å². The number of hydrogen-bond donors (Lipinski definition) is 2. The van der Waals surface area contributed by atoms with Gasteiger partial charge in [-0.05, 0) is 13.0 Å². The third kappa shape index (κ3) is 1.03. The van der Waals surface area contributed by atoms with Crippen LogP contribution in [-0.4, -0.2) is 11.1 Å². The fourth-order valence-electron chi connectivity index (χ4n) is 0.563. The maximum atomic E-state index is 8.74. The number of allylic oxidation sites excluding steroid dienone is 1. The molecule has 0 aromatic carbocycles. The molecule has 0 aliphatic carbocycles. The number of rotatable bonds is 0. The SMILES string of the molecule is CC1C=CC(O)=CN1. The molecule has 0 amide bonds. The van der Waals surface area contributed by atoms with E-state index < -0.39 is 0 Å². The van der Waals surface area contributed by atoms with Gasteiger partial charge in [-0.2, -0.15) is 0 Å². The average molecular weight is 111 g/mol. The lowest BCUT2D eigenvalue weighted by atomic mass is 10.2. The minimum absolute atomic E-state index is 0.295. The fourth-order valence-corrected chi connectivity index (χ4v) is 0.563. The van der Waals surface area contributed by atoms with Crippen molar-refractivity contribution < 1.29 is 5.11 Å². The molecule has 2 N–H and O–H groups in total. The van der Waals surface area contributed by atoms with E-state index in [0.29, 0.717) is 11.8 Å². The number of nitrogens with one attached hydrogen (secondary N) is 1.